The number of ether oxygens (including phenoxy) is 7. The van der Waals surface area contributed by atoms with Gasteiger partial charge in [0.05, 0.1) is 84.2 Å². The first-order chi connectivity index (χ1) is 59.5. The Kier molecular flexibility index (Phi) is 56.5. The fourth-order valence-corrected chi connectivity index (χ4v) is 10.7. The van der Waals surface area contributed by atoms with Gasteiger partial charge in [-0.3, -0.25) is 57.1 Å². The van der Waals surface area contributed by atoms with E-state index in [0.29, 0.717) is 125 Å². The molecule has 7 aromatic rings. The number of aliphatic hydroxyl groups is 1. The van der Waals surface area contributed by atoms with Crippen LogP contribution in [0.4, 0.5) is 30.2 Å². The van der Waals surface area contributed by atoms with Crippen LogP contribution in [0.15, 0.2) is 77.4 Å². The van der Waals surface area contributed by atoms with Crippen LogP contribution in [0.3, 0.4) is 0 Å². The van der Waals surface area contributed by atoms with Gasteiger partial charge >= 0.3 is 110 Å². The first-order valence-corrected chi connectivity index (χ1v) is 40.3. The SMILES string of the molecule is C.CC(=O)CC(=O)OC(C)(C)C.CC(O)=C(N=O)C(=O)OC(C)(C)C.CCOC(=O)CC(C)=O.CCOC(=O)c1c(C)[nH]c(C(=O)OC(C)(C)C)c1C.CCOC(=O)c1c(C)[nH]c(C=O)c1C.CCOC(=O)c1c(C)c[nH]c1C.Cc1[nH]c(C=O)c(C)c1C(=O)O.O=C1Cc2cc(F)ccc2N1.O=C1Cc2cc(F)ccc2N1.O=C1Nc2ccc(F)cc2C1=O.O=S(=O)(O)O.[K+].[OH-]. The van der Waals surface area contributed by atoms with E-state index in [-0.39, 0.29) is 135 Å². The molecule has 3 aliphatic heterocycles. The summed E-state index contributed by atoms with van der Waals surface area (Å²) in [6.45, 7) is 41.8. The van der Waals surface area contributed by atoms with Gasteiger partial charge in [0.2, 0.25) is 17.5 Å². The molecule has 0 radical (unpaired) electrons. The molecule has 132 heavy (non-hydrogen) atoms. The molecule has 3 amide bonds. The average molecular weight is 1910 g/mol. The van der Waals surface area contributed by atoms with Crippen molar-refractivity contribution in [3.63, 3.8) is 0 Å². The number of H-pyrrole nitrogens is 4. The number of carbonyl (C=O) groups is 16. The number of nitrogens with zero attached hydrogens (tertiary/aromatic N) is 1. The minimum absolute atomic E-state index is 0. The number of carboxylic acid groups (broad SMARTS) is 1. The Morgan fingerprint density at radius 3 is 1.20 bits per heavy atom. The zero-order valence-corrected chi connectivity index (χ0v) is 81.4. The summed E-state index contributed by atoms with van der Waals surface area (Å²) in [6.07, 6.45) is 3.49. The molecule has 0 aliphatic carbocycles. The van der Waals surface area contributed by atoms with Gasteiger partial charge in [-0.2, -0.15) is 8.42 Å². The van der Waals surface area contributed by atoms with Crippen molar-refractivity contribution in [2.75, 3.05) is 42.4 Å². The molecule has 3 aromatic carbocycles. The van der Waals surface area contributed by atoms with Crippen molar-refractivity contribution >= 4 is 123 Å². The number of benzene rings is 3. The van der Waals surface area contributed by atoms with E-state index in [2.05, 4.69) is 45.8 Å². The fourth-order valence-electron chi connectivity index (χ4n) is 10.7. The van der Waals surface area contributed by atoms with Crippen LogP contribution >= 0.6 is 0 Å². The Balaban J connectivity index is -0.000000687. The number of halogens is 3. The van der Waals surface area contributed by atoms with Gasteiger partial charge in [-0.1, -0.05) is 7.43 Å². The number of allylic oxidation sites excluding steroid dienone is 1. The van der Waals surface area contributed by atoms with Crippen molar-refractivity contribution in [1.29, 1.82) is 0 Å². The van der Waals surface area contributed by atoms with E-state index >= 15 is 0 Å². The number of nitroso groups, excluding NO2 is 1. The number of carboxylic acids is 1. The van der Waals surface area contributed by atoms with Crippen LogP contribution in [0.5, 0.6) is 0 Å². The topological polar surface area (TPSA) is 611 Å². The zero-order valence-electron chi connectivity index (χ0n) is 77.4. The number of esters is 7. The molecule has 7 heterocycles. The quantitative estimate of drug-likeness (QED) is 0.00385. The number of Topliss-reactive ketones (excluding diaryl/α,β-unsaturated/α-hetero) is 3. The number of rotatable bonds is 17. The number of fused-ring (bicyclic) bond motifs is 3. The molecule has 12 N–H and O–H groups in total. The maximum absolute atomic E-state index is 12.6. The first-order valence-electron chi connectivity index (χ1n) is 38.9. The van der Waals surface area contributed by atoms with Gasteiger partial charge in [-0.15, -0.1) is 4.91 Å². The Morgan fingerprint density at radius 2 is 0.856 bits per heavy atom. The summed E-state index contributed by atoms with van der Waals surface area (Å²) in [5, 5.41) is 27.5. The van der Waals surface area contributed by atoms with Crippen LogP contribution in [0.25, 0.3) is 0 Å². The number of aryl methyl sites for hydroxylation is 5. The van der Waals surface area contributed by atoms with Gasteiger partial charge in [0.25, 0.3) is 11.7 Å². The number of nitrogens with one attached hydrogen (secondary N) is 7. The summed E-state index contributed by atoms with van der Waals surface area (Å²) in [5.74, 6) is -7.70. The number of aromatic carboxylic acids is 1. The molecule has 722 valence electrons. The number of ketones is 3. The largest absolute Gasteiger partial charge is 1.00 e. The molecular weight excluding hydrogens is 1790 g/mol. The number of aliphatic hydroxyl groups excluding tert-OH is 1. The second-order valence-corrected chi connectivity index (χ2v) is 31.2. The summed E-state index contributed by atoms with van der Waals surface area (Å²) in [4.78, 5) is 196. The first kappa shape index (κ1) is 126. The molecule has 0 saturated carbocycles. The summed E-state index contributed by atoms with van der Waals surface area (Å²) in [5.41, 5.74) is 9.19. The van der Waals surface area contributed by atoms with Gasteiger partial charge in [0.15, 0.2) is 12.6 Å². The van der Waals surface area contributed by atoms with Crippen molar-refractivity contribution in [2.24, 2.45) is 5.18 Å². The molecular formula is C88H116F3KN8O31S. The third-order valence-electron chi connectivity index (χ3n) is 15.8. The van der Waals surface area contributed by atoms with Gasteiger partial charge in [-0.25, -0.2) is 41.9 Å². The van der Waals surface area contributed by atoms with Crippen LogP contribution in [-0.2, 0) is 94.8 Å². The monoisotopic (exact) mass is 1910 g/mol. The number of hydrogen-bond acceptors (Lipinski definition) is 29. The van der Waals surface area contributed by atoms with Crippen molar-refractivity contribution in [3.05, 3.63) is 196 Å². The smallest absolute Gasteiger partial charge is 0.870 e. The molecule has 0 saturated heterocycles. The molecule has 44 heteroatoms. The molecule has 10 rings (SSSR count). The summed E-state index contributed by atoms with van der Waals surface area (Å²) in [7, 11) is -4.67. The zero-order chi connectivity index (χ0) is 99.8. The van der Waals surface area contributed by atoms with Gasteiger partial charge in [0.1, 0.15) is 70.1 Å². The molecule has 3 aliphatic rings. The van der Waals surface area contributed by atoms with Crippen LogP contribution < -0.4 is 67.3 Å². The van der Waals surface area contributed by atoms with Crippen molar-refractivity contribution in [3.8, 4) is 0 Å². The molecule has 0 bridgehead atoms. The molecule has 0 unspecified atom stereocenters. The Labute approximate surface area is 804 Å². The number of aromatic nitrogens is 4. The number of anilines is 3. The minimum Gasteiger partial charge on any atom is -0.870 e. The van der Waals surface area contributed by atoms with E-state index in [1.54, 1.807) is 144 Å². The standard InChI is InChI=1S/C14H21NO4.C10H13NO3.C9H13NO2.C8H4FNO2.2C8H6FNO.C8H13NO4.C8H9NO3.C8H14O3.C6H10O3.CH4.K.H2O4S.H2O/c1-7-18-12(16)10-8(2)11(15-9(10)3)13(17)19-14(4,5)6;1-4-14-10(13)9-6(2)8(5-12)11-7(9)3;1-4-12-9(11)8-6(2)5-10-7(8)3;9-4-1-2-6-5(3-4)7(11)8(12)10-6;2*9-6-1-2-7-5(3-6)4-8(11)10-7;1-5(10)6(9-12)7(11)13-8(2,3)4;1-4-6(3-10)9-5(2)7(4)8(11)12;1-6(9)5-7(10)11-8(2,3)4;1-3-9-6(8)4-5(2)7;;;1-5(2,3)4;/h15H,7H2,1-6H3;5,11H,4H2,1-3H3;5,10H,4H2,1-3H3;1-3H,(H,10,11,12);2*1-3H,4H2,(H,10,11);10H,1-4H3;3,9H,1-2H3,(H,11,12);5H2,1-4H3;3-4H2,1-2H3;1H4;;(H2,1,2,3,4);1H2/q;;;;;;;;;;;+1;;/p-1. The summed E-state index contributed by atoms with van der Waals surface area (Å²) in [6, 6.07) is 12.2. The molecule has 0 atom stereocenters. The maximum Gasteiger partial charge on any atom is 1.00 e. The molecule has 39 nitrogen and oxygen atoms in total. The second-order valence-electron chi connectivity index (χ2n) is 30.3. The van der Waals surface area contributed by atoms with Crippen LogP contribution in [-0.4, -0.2) is 192 Å². The van der Waals surface area contributed by atoms with Crippen LogP contribution in [0.1, 0.15) is 270 Å². The predicted octanol–water partition coefficient (Wildman–Crippen LogP) is 11.5. The Bertz CT molecular complexity index is 5290. The summed E-state index contributed by atoms with van der Waals surface area (Å²) < 4.78 is 103. The Hall–Kier alpha value is -12.3. The van der Waals surface area contributed by atoms with Gasteiger partial charge in [0, 0.05) is 40.3 Å². The van der Waals surface area contributed by atoms with E-state index in [4.69, 9.17) is 56.2 Å². The number of amides is 3. The van der Waals surface area contributed by atoms with Crippen LogP contribution in [0, 0.1) is 77.7 Å². The van der Waals surface area contributed by atoms with Crippen LogP contribution in [0.2, 0.25) is 0 Å². The number of aldehydes is 2. The van der Waals surface area contributed by atoms with Crippen molar-refractivity contribution in [2.45, 2.75) is 216 Å². The molecule has 4 aromatic heterocycles. The van der Waals surface area contributed by atoms with Gasteiger partial charge < -0.3 is 84.7 Å². The van der Waals surface area contributed by atoms with E-state index in [0.717, 1.165) is 39.8 Å². The third-order valence-corrected chi connectivity index (χ3v) is 15.8. The van der Waals surface area contributed by atoms with Crippen molar-refractivity contribution in [1.82, 2.24) is 19.9 Å². The Morgan fingerprint density at radius 1 is 0.492 bits per heavy atom. The number of aromatic amines is 4. The minimum atomic E-state index is -4.67. The maximum atomic E-state index is 12.6. The molecule has 0 spiro atoms. The average Bonchev–Trinajstić information content (AvgIpc) is 1.66. The fraction of sp³-hybridized carbons (Fsp3) is 0.409. The van der Waals surface area contributed by atoms with E-state index in [9.17, 15) is 94.8 Å². The second kappa shape index (κ2) is 59.2. The molecule has 0 fully saturated rings. The third kappa shape index (κ3) is 47.0. The number of carbonyl (C=O) groups excluding carboxylic acids is 15. The summed E-state index contributed by atoms with van der Waals surface area (Å²) >= 11 is 0. The van der Waals surface area contributed by atoms with Gasteiger partial charge in [-0.05, 0) is 259 Å². The predicted molar refractivity (Wildman–Crippen MR) is 472 cm³/mol. The van der Waals surface area contributed by atoms with Crippen molar-refractivity contribution < 1.29 is 208 Å². The van der Waals surface area contributed by atoms with E-state index in [1.165, 1.54) is 57.2 Å². The van der Waals surface area contributed by atoms with E-state index < -0.39 is 92.0 Å². The normalized spacial score (nSPS) is 11.4. The van der Waals surface area contributed by atoms with E-state index in [1.807, 2.05) is 20.0 Å². The number of hydrogen-bond donors (Lipinski definition) is 11.